The number of benzene rings is 1. The highest BCUT2D eigenvalue weighted by atomic mass is 32.5. The Bertz CT molecular complexity index is 450. The number of rotatable bonds is 3. The number of hydrogen-bond donors (Lipinski definition) is 6. The van der Waals surface area contributed by atoms with Crippen molar-refractivity contribution in [2.24, 2.45) is 0 Å². The van der Waals surface area contributed by atoms with Crippen LogP contribution in [0, 0.1) is 0 Å². The standard InChI is InChI=1S/C6H10O7P2S/c7-14(8,9)13-5-1-3-6(4-2-5)16-15(10,11)12/h1-4,10-12,16H,(H2,7,8,9). The van der Waals surface area contributed by atoms with E-state index >= 15 is 0 Å². The van der Waals surface area contributed by atoms with Crippen molar-refractivity contribution in [1.82, 2.24) is 0 Å². The van der Waals surface area contributed by atoms with Gasteiger partial charge in [-0.15, -0.1) is 0 Å². The molecule has 1 rings (SSSR count). The second-order valence-electron chi connectivity index (χ2n) is 2.71. The van der Waals surface area contributed by atoms with Crippen LogP contribution < -0.4 is 4.52 Å². The van der Waals surface area contributed by atoms with E-state index in [1.807, 2.05) is 0 Å². The summed E-state index contributed by atoms with van der Waals surface area (Å²) in [5.41, 5.74) is 0. The molecule has 5 N–H and O–H groups in total. The van der Waals surface area contributed by atoms with Crippen LogP contribution in [0.5, 0.6) is 5.75 Å². The predicted octanol–water partition coefficient (Wildman–Crippen LogP) is -0.0136. The van der Waals surface area contributed by atoms with Crippen molar-refractivity contribution >= 4 is 25.5 Å². The normalized spacial score (nSPS) is 12.6. The van der Waals surface area contributed by atoms with Crippen molar-refractivity contribution in [3.8, 4) is 5.75 Å². The monoisotopic (exact) mass is 288 g/mol. The summed E-state index contributed by atoms with van der Waals surface area (Å²) in [7, 11) is -4.65. The Balaban J connectivity index is 2.89. The smallest absolute Gasteiger partial charge is 0.404 e. The Hall–Kier alpha value is -0.170. The first kappa shape index (κ1) is 13.9. The van der Waals surface area contributed by atoms with Crippen LogP contribution >= 0.6 is 14.5 Å². The summed E-state index contributed by atoms with van der Waals surface area (Å²) in [4.78, 5) is 43.7. The Morgan fingerprint density at radius 3 is 1.88 bits per heavy atom. The Morgan fingerprint density at radius 2 is 1.50 bits per heavy atom. The average molecular weight is 288 g/mol. The Morgan fingerprint density at radius 1 is 1.00 bits per heavy atom. The highest BCUT2D eigenvalue weighted by Gasteiger charge is 2.15. The van der Waals surface area contributed by atoms with Crippen molar-refractivity contribution in [2.45, 2.75) is 4.90 Å². The summed E-state index contributed by atoms with van der Waals surface area (Å²) >= 11 is 0. The topological polar surface area (TPSA) is 127 Å². The molecule has 7 nitrogen and oxygen atoms in total. The fourth-order valence-electron chi connectivity index (χ4n) is 0.866. The summed E-state index contributed by atoms with van der Waals surface area (Å²) < 4.78 is 14.7. The molecule has 0 aliphatic heterocycles. The van der Waals surface area contributed by atoms with E-state index in [0.717, 1.165) is 0 Å². The van der Waals surface area contributed by atoms with Crippen LogP contribution in [-0.4, -0.2) is 24.5 Å². The minimum Gasteiger partial charge on any atom is -0.404 e. The third-order valence-electron chi connectivity index (χ3n) is 1.31. The molecule has 10 heteroatoms. The lowest BCUT2D eigenvalue weighted by atomic mass is 10.3. The molecular weight excluding hydrogens is 278 g/mol. The van der Waals surface area contributed by atoms with Gasteiger partial charge in [0.1, 0.15) is 5.75 Å². The maximum absolute atomic E-state index is 10.5. The Labute approximate surface area is 94.4 Å². The third kappa shape index (κ3) is 5.79. The van der Waals surface area contributed by atoms with Gasteiger partial charge in [-0.05, 0) is 24.3 Å². The molecule has 0 atom stereocenters. The zero-order chi connectivity index (χ0) is 12.4. The van der Waals surface area contributed by atoms with Crippen LogP contribution in [0.15, 0.2) is 29.2 Å². The molecule has 0 aliphatic carbocycles. The van der Waals surface area contributed by atoms with Gasteiger partial charge in [-0.3, -0.25) is 9.79 Å². The van der Waals surface area contributed by atoms with E-state index in [-0.39, 0.29) is 16.7 Å². The fraction of sp³-hybridized carbons (Fsp3) is 0. The molecule has 0 aliphatic rings. The van der Waals surface area contributed by atoms with E-state index in [2.05, 4.69) is 4.52 Å². The minimum atomic E-state index is -4.59. The lowest BCUT2D eigenvalue weighted by Gasteiger charge is -2.07. The summed E-state index contributed by atoms with van der Waals surface area (Å²) in [5, 5.41) is 0. The average Bonchev–Trinajstić information content (AvgIpc) is 2.03. The van der Waals surface area contributed by atoms with Crippen molar-refractivity contribution < 1.29 is 33.6 Å². The van der Waals surface area contributed by atoms with Gasteiger partial charge in [0.15, 0.2) is 0 Å². The molecule has 16 heavy (non-hydrogen) atoms. The van der Waals surface area contributed by atoms with Crippen LogP contribution in [0.2, 0.25) is 0 Å². The molecule has 0 saturated heterocycles. The molecule has 0 saturated carbocycles. The molecule has 0 bridgehead atoms. The summed E-state index contributed by atoms with van der Waals surface area (Å²) in [6, 6.07) is 5.20. The van der Waals surface area contributed by atoms with Crippen molar-refractivity contribution in [3.63, 3.8) is 0 Å². The summed E-state index contributed by atoms with van der Waals surface area (Å²) in [6.45, 7) is -3.92. The van der Waals surface area contributed by atoms with E-state index in [1.54, 1.807) is 0 Å². The van der Waals surface area contributed by atoms with Gasteiger partial charge in [-0.1, -0.05) is 10.9 Å². The quantitative estimate of drug-likeness (QED) is 0.341. The van der Waals surface area contributed by atoms with Gasteiger partial charge in [0, 0.05) is 4.90 Å². The fourth-order valence-corrected chi connectivity index (χ4v) is 3.18. The van der Waals surface area contributed by atoms with Crippen LogP contribution in [0.4, 0.5) is 0 Å². The van der Waals surface area contributed by atoms with Gasteiger partial charge in [-0.2, -0.15) is 0 Å². The molecule has 0 aromatic heterocycles. The molecule has 0 radical (unpaired) electrons. The van der Waals surface area contributed by atoms with Crippen molar-refractivity contribution in [1.29, 1.82) is 0 Å². The molecule has 1 aromatic carbocycles. The van der Waals surface area contributed by atoms with Gasteiger partial charge in [0.2, 0.25) is 0 Å². The largest absolute Gasteiger partial charge is 0.524 e. The maximum Gasteiger partial charge on any atom is 0.524 e. The number of phosphoric ester groups is 1. The van der Waals surface area contributed by atoms with E-state index in [0.29, 0.717) is 4.90 Å². The van der Waals surface area contributed by atoms with Crippen LogP contribution in [-0.2, 0) is 15.5 Å². The van der Waals surface area contributed by atoms with Gasteiger partial charge < -0.3 is 19.2 Å². The SMILES string of the molecule is O=P(O)(O)Oc1ccc([SH]=P(O)(O)O)cc1. The molecule has 0 spiro atoms. The number of phosphoric acid groups is 1. The van der Waals surface area contributed by atoms with Crippen LogP contribution in [0.1, 0.15) is 0 Å². The van der Waals surface area contributed by atoms with Crippen molar-refractivity contribution in [2.75, 3.05) is 0 Å². The molecule has 1 aromatic rings. The number of thiol groups is 1. The third-order valence-corrected chi connectivity index (χ3v) is 4.05. The molecular formula is C6H10O7P2S. The maximum atomic E-state index is 10.5. The molecule has 0 heterocycles. The van der Waals surface area contributed by atoms with E-state index in [9.17, 15) is 4.57 Å². The summed E-state index contributed by atoms with van der Waals surface area (Å²) in [5.74, 6) is -0.0509. The first-order valence-electron chi connectivity index (χ1n) is 3.81. The zero-order valence-electron chi connectivity index (χ0n) is 7.70. The number of hydrogen-bond acceptors (Lipinski definition) is 2. The van der Waals surface area contributed by atoms with Gasteiger partial charge in [-0.25, -0.2) is 4.57 Å². The molecule has 0 amide bonds. The predicted molar refractivity (Wildman–Crippen MR) is 59.7 cm³/mol. The van der Waals surface area contributed by atoms with E-state index in [4.69, 9.17) is 24.5 Å². The lowest BCUT2D eigenvalue weighted by molar-refractivity contribution is 0.283. The lowest BCUT2D eigenvalue weighted by Crippen LogP contribution is -1.90. The Kier molecular flexibility index (Phi) is 4.34. The van der Waals surface area contributed by atoms with Crippen LogP contribution in [0.3, 0.4) is 0 Å². The summed E-state index contributed by atoms with van der Waals surface area (Å²) in [6.07, 6.45) is 0. The second kappa shape index (κ2) is 5.00. The van der Waals surface area contributed by atoms with Gasteiger partial charge in [0.25, 0.3) is 6.72 Å². The van der Waals surface area contributed by atoms with Crippen LogP contribution in [0.25, 0.3) is 0 Å². The van der Waals surface area contributed by atoms with E-state index < -0.39 is 14.5 Å². The highest BCUT2D eigenvalue weighted by molar-refractivity contribution is 8.16. The molecule has 0 fully saturated rings. The molecule has 92 valence electrons. The van der Waals surface area contributed by atoms with Crippen molar-refractivity contribution in [3.05, 3.63) is 24.3 Å². The minimum absolute atomic E-state index is 0.0509. The van der Waals surface area contributed by atoms with E-state index in [1.165, 1.54) is 24.3 Å². The zero-order valence-corrected chi connectivity index (χ0v) is 10.4. The van der Waals surface area contributed by atoms with Gasteiger partial charge >= 0.3 is 7.82 Å². The van der Waals surface area contributed by atoms with Gasteiger partial charge in [0.05, 0.1) is 0 Å². The highest BCUT2D eigenvalue weighted by Crippen LogP contribution is 2.38. The first-order valence-corrected chi connectivity index (χ1v) is 8.59. The second-order valence-corrected chi connectivity index (χ2v) is 7.88. The molecule has 0 unspecified atom stereocenters. The first-order chi connectivity index (χ1) is 7.16.